The lowest BCUT2D eigenvalue weighted by Crippen LogP contribution is -2.47. The van der Waals surface area contributed by atoms with Crippen LogP contribution in [0.1, 0.15) is 32.3 Å². The predicted octanol–water partition coefficient (Wildman–Crippen LogP) is 3.04. The van der Waals surface area contributed by atoms with E-state index in [2.05, 4.69) is 0 Å². The van der Waals surface area contributed by atoms with Crippen molar-refractivity contribution < 1.29 is 14.6 Å². The van der Waals surface area contributed by atoms with E-state index in [0.29, 0.717) is 17.3 Å². The van der Waals surface area contributed by atoms with E-state index in [1.165, 1.54) is 0 Å². The number of rotatable bonds is 4. The largest absolute Gasteiger partial charge is 0.481 e. The normalized spacial score (nSPS) is 21.3. The number of nitrogens with zero attached hydrogens (tertiary/aromatic N) is 1. The summed E-state index contributed by atoms with van der Waals surface area (Å²) in [6.45, 7) is 6.78. The van der Waals surface area contributed by atoms with Crippen LogP contribution >= 0.6 is 11.6 Å². The lowest BCUT2D eigenvalue weighted by atomic mass is 9.93. The molecule has 0 radical (unpaired) electrons. The molecule has 0 bridgehead atoms. The summed E-state index contributed by atoms with van der Waals surface area (Å²) in [5, 5.41) is 10.4. The molecule has 1 aliphatic rings. The molecule has 122 valence electrons. The van der Waals surface area contributed by atoms with E-state index < -0.39 is 6.10 Å². The molecule has 22 heavy (non-hydrogen) atoms. The number of likely N-dealkylation sites (tertiary alicyclic amines) is 1. The summed E-state index contributed by atoms with van der Waals surface area (Å²) in [5.41, 5.74) is 0.922. The van der Waals surface area contributed by atoms with Gasteiger partial charge in [0, 0.05) is 24.0 Å². The molecule has 3 unspecified atom stereocenters. The monoisotopic (exact) mass is 325 g/mol. The summed E-state index contributed by atoms with van der Waals surface area (Å²) in [6, 6.07) is 5.38. The van der Waals surface area contributed by atoms with Crippen molar-refractivity contribution in [1.29, 1.82) is 0 Å². The molecule has 1 saturated heterocycles. The predicted molar refractivity (Wildman–Crippen MR) is 87.3 cm³/mol. The Labute approximate surface area is 137 Å². The highest BCUT2D eigenvalue weighted by molar-refractivity contribution is 6.31. The molecular formula is C17H24ClNO3. The van der Waals surface area contributed by atoms with Crippen LogP contribution in [-0.4, -0.2) is 41.2 Å². The van der Waals surface area contributed by atoms with Crippen LogP contribution in [0.3, 0.4) is 0 Å². The van der Waals surface area contributed by atoms with Gasteiger partial charge in [0.05, 0.1) is 6.10 Å². The number of aliphatic hydroxyl groups excluding tert-OH is 1. The van der Waals surface area contributed by atoms with Crippen molar-refractivity contribution in [1.82, 2.24) is 4.90 Å². The number of aryl methyl sites for hydroxylation is 1. The van der Waals surface area contributed by atoms with Crippen LogP contribution in [0.25, 0.3) is 0 Å². The molecule has 3 atom stereocenters. The van der Waals surface area contributed by atoms with E-state index in [4.69, 9.17) is 16.3 Å². The highest BCUT2D eigenvalue weighted by Gasteiger charge is 2.29. The Balaban J connectivity index is 1.97. The Morgan fingerprint density at radius 1 is 1.45 bits per heavy atom. The summed E-state index contributed by atoms with van der Waals surface area (Å²) in [7, 11) is 0. The number of carbonyl (C=O) groups excluding carboxylic acids is 1. The molecule has 1 fully saturated rings. The zero-order valence-electron chi connectivity index (χ0n) is 13.4. The highest BCUT2D eigenvalue weighted by atomic mass is 35.5. The molecule has 1 aromatic rings. The van der Waals surface area contributed by atoms with E-state index >= 15 is 0 Å². The molecule has 1 amide bonds. The fourth-order valence-electron chi connectivity index (χ4n) is 2.81. The van der Waals surface area contributed by atoms with Gasteiger partial charge in [-0.15, -0.1) is 0 Å². The minimum atomic E-state index is -0.548. The first-order chi connectivity index (χ1) is 10.4. The maximum atomic E-state index is 12.5. The smallest absolute Gasteiger partial charge is 0.263 e. The minimum Gasteiger partial charge on any atom is -0.481 e. The highest BCUT2D eigenvalue weighted by Crippen LogP contribution is 2.24. The van der Waals surface area contributed by atoms with Gasteiger partial charge in [-0.2, -0.15) is 0 Å². The van der Waals surface area contributed by atoms with Crippen LogP contribution in [0.4, 0.5) is 0 Å². The third-order valence-electron chi connectivity index (χ3n) is 4.24. The fourth-order valence-corrected chi connectivity index (χ4v) is 2.92. The third kappa shape index (κ3) is 4.14. The number of carbonyl (C=O) groups is 1. The summed E-state index contributed by atoms with van der Waals surface area (Å²) in [4.78, 5) is 14.3. The van der Waals surface area contributed by atoms with E-state index in [0.717, 1.165) is 24.9 Å². The second kappa shape index (κ2) is 7.34. The lowest BCUT2D eigenvalue weighted by molar-refractivity contribution is -0.140. The van der Waals surface area contributed by atoms with Gasteiger partial charge < -0.3 is 14.7 Å². The first kappa shape index (κ1) is 17.1. The van der Waals surface area contributed by atoms with Gasteiger partial charge in [-0.3, -0.25) is 4.79 Å². The molecule has 5 heteroatoms. The Kier molecular flexibility index (Phi) is 5.70. The van der Waals surface area contributed by atoms with E-state index in [-0.39, 0.29) is 17.9 Å². The number of hydrogen-bond donors (Lipinski definition) is 1. The SMILES string of the molecule is Cc1cc(OC(C)C(=O)N2CCCC(C(C)O)C2)ccc1Cl. The number of halogens is 1. The number of ether oxygens (including phenoxy) is 1. The van der Waals surface area contributed by atoms with Crippen molar-refractivity contribution in [2.75, 3.05) is 13.1 Å². The second-order valence-electron chi connectivity index (χ2n) is 6.10. The van der Waals surface area contributed by atoms with Crippen molar-refractivity contribution in [3.8, 4) is 5.75 Å². The molecule has 1 aromatic carbocycles. The lowest BCUT2D eigenvalue weighted by Gasteiger charge is -2.35. The first-order valence-corrected chi connectivity index (χ1v) is 8.16. The van der Waals surface area contributed by atoms with Gasteiger partial charge >= 0.3 is 0 Å². The maximum absolute atomic E-state index is 12.5. The van der Waals surface area contributed by atoms with Gasteiger partial charge in [0.25, 0.3) is 5.91 Å². The molecule has 0 saturated carbocycles. The Morgan fingerprint density at radius 3 is 2.82 bits per heavy atom. The number of hydrogen-bond acceptors (Lipinski definition) is 3. The zero-order chi connectivity index (χ0) is 16.3. The molecule has 2 rings (SSSR count). The molecule has 1 N–H and O–H groups in total. The molecule has 0 aliphatic carbocycles. The topological polar surface area (TPSA) is 49.8 Å². The van der Waals surface area contributed by atoms with Crippen LogP contribution in [-0.2, 0) is 4.79 Å². The Hall–Kier alpha value is -1.26. The van der Waals surface area contributed by atoms with Crippen LogP contribution in [0.5, 0.6) is 5.75 Å². The van der Waals surface area contributed by atoms with Crippen LogP contribution in [0, 0.1) is 12.8 Å². The van der Waals surface area contributed by atoms with Crippen molar-refractivity contribution in [2.24, 2.45) is 5.92 Å². The number of benzene rings is 1. The van der Waals surface area contributed by atoms with Gasteiger partial charge in [0.1, 0.15) is 5.75 Å². The number of amides is 1. The quantitative estimate of drug-likeness (QED) is 0.925. The van der Waals surface area contributed by atoms with Crippen molar-refractivity contribution >= 4 is 17.5 Å². The summed E-state index contributed by atoms with van der Waals surface area (Å²) < 4.78 is 5.75. The van der Waals surface area contributed by atoms with Gasteiger partial charge in [-0.1, -0.05) is 11.6 Å². The van der Waals surface area contributed by atoms with Gasteiger partial charge in [0.15, 0.2) is 6.10 Å². The maximum Gasteiger partial charge on any atom is 0.263 e. The number of aliphatic hydroxyl groups is 1. The van der Waals surface area contributed by atoms with Gasteiger partial charge in [-0.25, -0.2) is 0 Å². The molecule has 1 aliphatic heterocycles. The van der Waals surface area contributed by atoms with E-state index in [9.17, 15) is 9.90 Å². The van der Waals surface area contributed by atoms with Crippen molar-refractivity contribution in [3.05, 3.63) is 28.8 Å². The molecule has 4 nitrogen and oxygen atoms in total. The van der Waals surface area contributed by atoms with Crippen LogP contribution in [0.2, 0.25) is 5.02 Å². The summed E-state index contributed by atoms with van der Waals surface area (Å²) in [6.07, 6.45) is 0.959. The zero-order valence-corrected chi connectivity index (χ0v) is 14.1. The first-order valence-electron chi connectivity index (χ1n) is 7.78. The standard InChI is InChI=1S/C17H24ClNO3/c1-11-9-15(6-7-16(11)18)22-13(3)17(21)19-8-4-5-14(10-19)12(2)20/h6-7,9,12-14,20H,4-5,8,10H2,1-3H3. The van der Waals surface area contributed by atoms with Crippen LogP contribution in [0.15, 0.2) is 18.2 Å². The van der Waals surface area contributed by atoms with E-state index in [1.54, 1.807) is 30.9 Å². The molecular weight excluding hydrogens is 302 g/mol. The Bertz CT molecular complexity index is 533. The Morgan fingerprint density at radius 2 is 2.18 bits per heavy atom. The average molecular weight is 326 g/mol. The summed E-state index contributed by atoms with van der Waals surface area (Å²) in [5.74, 6) is 0.771. The average Bonchev–Trinajstić information content (AvgIpc) is 2.50. The number of piperidine rings is 1. The van der Waals surface area contributed by atoms with Crippen molar-refractivity contribution in [3.63, 3.8) is 0 Å². The van der Waals surface area contributed by atoms with E-state index in [1.807, 2.05) is 13.0 Å². The van der Waals surface area contributed by atoms with Gasteiger partial charge in [0.2, 0.25) is 0 Å². The van der Waals surface area contributed by atoms with Crippen LogP contribution < -0.4 is 4.74 Å². The van der Waals surface area contributed by atoms with Crippen molar-refractivity contribution in [2.45, 2.75) is 45.8 Å². The molecule has 1 heterocycles. The van der Waals surface area contributed by atoms with Gasteiger partial charge in [-0.05, 0) is 57.4 Å². The molecule has 0 aromatic heterocycles. The molecule has 0 spiro atoms. The third-order valence-corrected chi connectivity index (χ3v) is 4.67. The minimum absolute atomic E-state index is 0.0297. The second-order valence-corrected chi connectivity index (χ2v) is 6.51. The summed E-state index contributed by atoms with van der Waals surface area (Å²) >= 11 is 5.99. The fraction of sp³-hybridized carbons (Fsp3) is 0.588.